The number of aliphatic hydroxyl groups is 1. The highest BCUT2D eigenvalue weighted by molar-refractivity contribution is 6.32. The summed E-state index contributed by atoms with van der Waals surface area (Å²) in [5.41, 5.74) is 7.41. The van der Waals surface area contributed by atoms with E-state index in [0.29, 0.717) is 24.6 Å². The molecular weight excluding hydrogens is 561 g/mol. The molecule has 0 aliphatic rings. The van der Waals surface area contributed by atoms with Gasteiger partial charge < -0.3 is 20.3 Å². The van der Waals surface area contributed by atoms with Crippen LogP contribution in [-0.4, -0.2) is 48.1 Å². The lowest BCUT2D eigenvalue weighted by atomic mass is 9.99. The number of amides is 1. The third-order valence-electron chi connectivity index (χ3n) is 6.37. The first-order valence-electron chi connectivity index (χ1n) is 13.1. The first-order valence-corrected chi connectivity index (χ1v) is 13.8. The van der Waals surface area contributed by atoms with Crippen LogP contribution in [0.15, 0.2) is 90.0 Å². The molecule has 0 saturated carbocycles. The van der Waals surface area contributed by atoms with Gasteiger partial charge in [0, 0.05) is 31.6 Å². The van der Waals surface area contributed by atoms with Gasteiger partial charge in [-0.05, 0) is 78.1 Å². The van der Waals surface area contributed by atoms with Gasteiger partial charge in [-0.1, -0.05) is 65.7 Å². The van der Waals surface area contributed by atoms with Crippen molar-refractivity contribution in [3.63, 3.8) is 0 Å². The van der Waals surface area contributed by atoms with Crippen molar-refractivity contribution in [1.29, 1.82) is 0 Å². The normalized spacial score (nSPS) is 11.9. The van der Waals surface area contributed by atoms with E-state index >= 15 is 0 Å². The van der Waals surface area contributed by atoms with Crippen LogP contribution in [0, 0.1) is 6.92 Å². The average Bonchev–Trinajstić information content (AvgIpc) is 2.98. The summed E-state index contributed by atoms with van der Waals surface area (Å²) in [4.78, 5) is 12.4. The maximum atomic E-state index is 12.4. The van der Waals surface area contributed by atoms with Crippen LogP contribution in [0.1, 0.15) is 29.9 Å². The third kappa shape index (κ3) is 8.55. The van der Waals surface area contributed by atoms with Crippen molar-refractivity contribution in [3.05, 3.63) is 117 Å². The standard InChI is InChI=1S/C32H31Cl2N3O4.2H2/c1-21-15-23(19-36-37-32(40)25-9-12-30(39)29(34)18-25)17-28(24-5-3-2-4-6-24)31(21)41-14-13-35-27(20-38)16-22-7-10-26(33)11-8-22;;/h2-12,15,17-19,27,35,38-39H,13-14,16,20H2,1H3,(H,37,40);2*1H/b36-19+;;. The largest absolute Gasteiger partial charge is 0.506 e. The van der Waals surface area contributed by atoms with Crippen LogP contribution in [0.5, 0.6) is 11.5 Å². The zero-order valence-corrected chi connectivity index (χ0v) is 24.0. The fourth-order valence-corrected chi connectivity index (χ4v) is 4.61. The predicted octanol–water partition coefficient (Wildman–Crippen LogP) is 6.50. The predicted molar refractivity (Wildman–Crippen MR) is 169 cm³/mol. The summed E-state index contributed by atoms with van der Waals surface area (Å²) in [6, 6.07) is 25.5. The number of hydrazone groups is 1. The second-order valence-electron chi connectivity index (χ2n) is 9.46. The molecule has 0 aromatic heterocycles. The topological polar surface area (TPSA) is 103 Å². The Labute approximate surface area is 252 Å². The molecule has 4 aromatic rings. The van der Waals surface area contributed by atoms with E-state index in [-0.39, 0.29) is 31.8 Å². The van der Waals surface area contributed by atoms with Crippen molar-refractivity contribution in [2.75, 3.05) is 19.8 Å². The van der Waals surface area contributed by atoms with Crippen LogP contribution in [0.2, 0.25) is 10.0 Å². The molecule has 41 heavy (non-hydrogen) atoms. The summed E-state index contributed by atoms with van der Waals surface area (Å²) in [6.07, 6.45) is 2.24. The lowest BCUT2D eigenvalue weighted by molar-refractivity contribution is 0.0955. The highest BCUT2D eigenvalue weighted by atomic mass is 35.5. The van der Waals surface area contributed by atoms with E-state index in [9.17, 15) is 15.0 Å². The Morgan fingerprint density at radius 1 is 1.05 bits per heavy atom. The smallest absolute Gasteiger partial charge is 0.271 e. The number of rotatable bonds is 12. The minimum absolute atomic E-state index is 0. The number of aromatic hydroxyl groups is 1. The van der Waals surface area contributed by atoms with Crippen LogP contribution >= 0.6 is 23.2 Å². The number of benzene rings is 4. The zero-order valence-electron chi connectivity index (χ0n) is 22.5. The van der Waals surface area contributed by atoms with Gasteiger partial charge in [0.2, 0.25) is 0 Å². The SMILES string of the molecule is Cc1cc(/C=N/NC(=O)c2ccc(O)c(Cl)c2)cc(-c2ccccc2)c1OCCNC(CO)Cc1ccc(Cl)cc1.[HH].[HH]. The summed E-state index contributed by atoms with van der Waals surface area (Å²) in [6.45, 7) is 2.90. The molecule has 0 bridgehead atoms. The Morgan fingerprint density at radius 2 is 1.80 bits per heavy atom. The molecule has 0 fully saturated rings. The van der Waals surface area contributed by atoms with Crippen LogP contribution < -0.4 is 15.5 Å². The number of hydrogen-bond acceptors (Lipinski definition) is 6. The molecule has 4 aromatic carbocycles. The molecule has 216 valence electrons. The van der Waals surface area contributed by atoms with Crippen LogP contribution in [0.3, 0.4) is 0 Å². The maximum Gasteiger partial charge on any atom is 0.271 e. The summed E-state index contributed by atoms with van der Waals surface area (Å²) >= 11 is 11.9. The lowest BCUT2D eigenvalue weighted by Crippen LogP contribution is -2.37. The number of halogens is 2. The Kier molecular flexibility index (Phi) is 10.8. The Morgan fingerprint density at radius 3 is 2.51 bits per heavy atom. The highest BCUT2D eigenvalue weighted by Crippen LogP contribution is 2.34. The van der Waals surface area contributed by atoms with Crippen molar-refractivity contribution in [2.45, 2.75) is 19.4 Å². The van der Waals surface area contributed by atoms with E-state index in [2.05, 4.69) is 15.8 Å². The van der Waals surface area contributed by atoms with Crippen LogP contribution in [-0.2, 0) is 6.42 Å². The van der Waals surface area contributed by atoms with Crippen LogP contribution in [0.25, 0.3) is 11.1 Å². The van der Waals surface area contributed by atoms with Gasteiger partial charge in [0.25, 0.3) is 5.91 Å². The van der Waals surface area contributed by atoms with E-state index in [0.717, 1.165) is 33.6 Å². The molecule has 1 unspecified atom stereocenters. The molecule has 0 heterocycles. The van der Waals surface area contributed by atoms with Crippen LogP contribution in [0.4, 0.5) is 0 Å². The zero-order chi connectivity index (χ0) is 29.2. The average molecular weight is 597 g/mol. The van der Waals surface area contributed by atoms with Gasteiger partial charge in [-0.2, -0.15) is 5.10 Å². The van der Waals surface area contributed by atoms with Crippen molar-refractivity contribution in [2.24, 2.45) is 5.10 Å². The number of carbonyl (C=O) groups is 1. The second kappa shape index (κ2) is 14.7. The van der Waals surface area contributed by atoms with Gasteiger partial charge in [0.05, 0.1) is 17.8 Å². The molecule has 4 N–H and O–H groups in total. The van der Waals surface area contributed by atoms with Gasteiger partial charge in [-0.3, -0.25) is 4.79 Å². The number of aliphatic hydroxyl groups excluding tert-OH is 1. The fourth-order valence-electron chi connectivity index (χ4n) is 4.30. The monoisotopic (exact) mass is 595 g/mol. The molecule has 1 amide bonds. The van der Waals surface area contributed by atoms with Gasteiger partial charge in [-0.25, -0.2) is 5.43 Å². The van der Waals surface area contributed by atoms with E-state index in [4.69, 9.17) is 27.9 Å². The van der Waals surface area contributed by atoms with Gasteiger partial charge >= 0.3 is 0 Å². The second-order valence-corrected chi connectivity index (χ2v) is 10.3. The minimum Gasteiger partial charge on any atom is -0.506 e. The van der Waals surface area contributed by atoms with Crippen molar-refractivity contribution < 1.29 is 22.6 Å². The van der Waals surface area contributed by atoms with Crippen molar-refractivity contribution in [3.8, 4) is 22.6 Å². The van der Waals surface area contributed by atoms with E-state index in [1.54, 1.807) is 6.21 Å². The number of aryl methyl sites for hydroxylation is 1. The number of carbonyl (C=O) groups excluding carboxylic acids is 1. The lowest BCUT2D eigenvalue weighted by Gasteiger charge is -2.19. The molecule has 0 aliphatic heterocycles. The number of phenols is 1. The summed E-state index contributed by atoms with van der Waals surface area (Å²) < 4.78 is 6.25. The number of phenolic OH excluding ortho intramolecular Hbond substituents is 1. The Bertz CT molecular complexity index is 1510. The molecule has 0 aliphatic carbocycles. The third-order valence-corrected chi connectivity index (χ3v) is 6.92. The number of nitrogens with one attached hydrogen (secondary N) is 2. The highest BCUT2D eigenvalue weighted by Gasteiger charge is 2.13. The maximum absolute atomic E-state index is 12.4. The van der Waals surface area contributed by atoms with Gasteiger partial charge in [-0.15, -0.1) is 0 Å². The molecule has 9 heteroatoms. The van der Waals surface area contributed by atoms with Gasteiger partial charge in [0.1, 0.15) is 18.1 Å². The first-order chi connectivity index (χ1) is 19.8. The molecule has 0 spiro atoms. The van der Waals surface area contributed by atoms with E-state index < -0.39 is 5.91 Å². The molecule has 7 nitrogen and oxygen atoms in total. The summed E-state index contributed by atoms with van der Waals surface area (Å²) in [5, 5.41) is 27.6. The Balaban J connectivity index is 0.00000323. The van der Waals surface area contributed by atoms with Crippen molar-refractivity contribution >= 4 is 35.3 Å². The van der Waals surface area contributed by atoms with E-state index in [1.165, 1.54) is 18.2 Å². The van der Waals surface area contributed by atoms with Gasteiger partial charge in [0.15, 0.2) is 0 Å². The number of ether oxygens (including phenoxy) is 1. The quantitative estimate of drug-likeness (QED) is 0.0850. The van der Waals surface area contributed by atoms with Crippen molar-refractivity contribution in [1.82, 2.24) is 10.7 Å². The van der Waals surface area contributed by atoms with E-state index in [1.807, 2.05) is 73.7 Å². The molecule has 4 rings (SSSR count). The molecule has 1 atom stereocenters. The first kappa shape index (κ1) is 30.1. The summed E-state index contributed by atoms with van der Waals surface area (Å²) in [7, 11) is 0. The summed E-state index contributed by atoms with van der Waals surface area (Å²) in [5.74, 6) is 0.198. The minimum atomic E-state index is -0.451. The fraction of sp³-hybridized carbons (Fsp3) is 0.188. The molecule has 0 radical (unpaired) electrons. The molecule has 0 saturated heterocycles. The number of hydrogen-bond donors (Lipinski definition) is 4. The number of nitrogens with zero attached hydrogens (tertiary/aromatic N) is 1. The Hall–Kier alpha value is -3.88. The molecular formula is C32H35Cl2N3O4.